The Morgan fingerprint density at radius 2 is 1.42 bits per heavy atom. The number of hydrogen-bond acceptors (Lipinski definition) is 6. The van der Waals surface area contributed by atoms with E-state index in [-0.39, 0.29) is 13.0 Å². The highest BCUT2D eigenvalue weighted by Crippen LogP contribution is 2.26. The van der Waals surface area contributed by atoms with Gasteiger partial charge >= 0.3 is 17.9 Å². The molecule has 3 unspecified atom stereocenters. The van der Waals surface area contributed by atoms with E-state index >= 15 is 0 Å². The van der Waals surface area contributed by atoms with Crippen LogP contribution in [0, 0.1) is 11.8 Å². The summed E-state index contributed by atoms with van der Waals surface area (Å²) >= 11 is 0. The number of carboxylic acids is 1. The van der Waals surface area contributed by atoms with Crippen LogP contribution in [0.5, 0.6) is 0 Å². The first-order valence-electron chi connectivity index (χ1n) is 10.0. The van der Waals surface area contributed by atoms with Crippen molar-refractivity contribution in [3.63, 3.8) is 0 Å². The fraction of sp³-hybridized carbons (Fsp3) is 0.375. The average molecular weight is 427 g/mol. The smallest absolute Gasteiger partial charge is 0.321 e. The van der Waals surface area contributed by atoms with E-state index < -0.39 is 41.4 Å². The summed E-state index contributed by atoms with van der Waals surface area (Å²) in [6.45, 7) is 5.04. The highest BCUT2D eigenvalue weighted by Gasteiger charge is 2.44. The number of esters is 2. The number of carbonyl (C=O) groups is 3. The minimum absolute atomic E-state index is 0.0606. The molecule has 31 heavy (non-hydrogen) atoms. The molecule has 7 heteroatoms. The SMILES string of the molecule is CC(C)(C)OC(=O)C(Cc1ccccc1)C(C(=O)OCc1ccccc1)C(N)C(=O)O. The van der Waals surface area contributed by atoms with Crippen LogP contribution in [0.15, 0.2) is 60.7 Å². The zero-order chi connectivity index (χ0) is 23.0. The number of ether oxygens (including phenoxy) is 2. The van der Waals surface area contributed by atoms with Gasteiger partial charge < -0.3 is 20.3 Å². The minimum atomic E-state index is -1.63. The number of nitrogens with two attached hydrogens (primary N) is 1. The van der Waals surface area contributed by atoms with Crippen LogP contribution < -0.4 is 5.73 Å². The van der Waals surface area contributed by atoms with E-state index in [0.29, 0.717) is 0 Å². The molecule has 2 rings (SSSR count). The Hall–Kier alpha value is -3.19. The van der Waals surface area contributed by atoms with Gasteiger partial charge in [0.05, 0.1) is 11.8 Å². The first kappa shape index (κ1) is 24.1. The minimum Gasteiger partial charge on any atom is -0.480 e. The maximum Gasteiger partial charge on any atom is 0.321 e. The lowest BCUT2D eigenvalue weighted by Gasteiger charge is -2.30. The lowest BCUT2D eigenvalue weighted by Crippen LogP contribution is -2.50. The van der Waals surface area contributed by atoms with Crippen LogP contribution in [0.2, 0.25) is 0 Å². The molecule has 3 N–H and O–H groups in total. The largest absolute Gasteiger partial charge is 0.480 e. The summed E-state index contributed by atoms with van der Waals surface area (Å²) in [5, 5.41) is 9.53. The molecule has 0 heterocycles. The van der Waals surface area contributed by atoms with Gasteiger partial charge in [-0.3, -0.25) is 14.4 Å². The Morgan fingerprint density at radius 3 is 1.90 bits per heavy atom. The van der Waals surface area contributed by atoms with Gasteiger partial charge in [-0.15, -0.1) is 0 Å². The predicted octanol–water partition coefficient (Wildman–Crippen LogP) is 2.96. The van der Waals surface area contributed by atoms with E-state index in [2.05, 4.69) is 0 Å². The Morgan fingerprint density at radius 1 is 0.903 bits per heavy atom. The molecule has 7 nitrogen and oxygen atoms in total. The topological polar surface area (TPSA) is 116 Å². The molecule has 2 aromatic rings. The van der Waals surface area contributed by atoms with Gasteiger partial charge in [0.15, 0.2) is 0 Å². The highest BCUT2D eigenvalue weighted by atomic mass is 16.6. The van der Waals surface area contributed by atoms with Gasteiger partial charge in [-0.2, -0.15) is 0 Å². The molecule has 2 aromatic carbocycles. The fourth-order valence-corrected chi connectivity index (χ4v) is 3.14. The first-order chi connectivity index (χ1) is 14.6. The van der Waals surface area contributed by atoms with Gasteiger partial charge in [0.25, 0.3) is 0 Å². The molecule has 0 aliphatic rings. The average Bonchev–Trinajstić information content (AvgIpc) is 2.71. The standard InChI is InChI=1S/C24H29NO6/c1-24(2,3)31-22(28)18(14-16-10-6-4-7-11-16)19(20(25)21(26)27)23(29)30-15-17-12-8-5-9-13-17/h4-13,18-20H,14-15,25H2,1-3H3,(H,26,27). The van der Waals surface area contributed by atoms with Crippen molar-refractivity contribution in [2.75, 3.05) is 0 Å². The molecule has 0 spiro atoms. The predicted molar refractivity (Wildman–Crippen MR) is 115 cm³/mol. The molecule has 166 valence electrons. The van der Waals surface area contributed by atoms with Gasteiger partial charge in [0, 0.05) is 0 Å². The lowest BCUT2D eigenvalue weighted by atomic mass is 9.82. The normalized spacial score (nSPS) is 14.2. The second-order valence-electron chi connectivity index (χ2n) is 8.31. The van der Waals surface area contributed by atoms with Crippen LogP contribution in [0.25, 0.3) is 0 Å². The molecule has 0 fully saturated rings. The molecule has 0 amide bonds. The molecule has 0 radical (unpaired) electrons. The number of rotatable bonds is 9. The number of carboxylic acid groups (broad SMARTS) is 1. The Kier molecular flexibility index (Phi) is 8.33. The van der Waals surface area contributed by atoms with E-state index in [0.717, 1.165) is 11.1 Å². The van der Waals surface area contributed by atoms with Crippen molar-refractivity contribution in [3.05, 3.63) is 71.8 Å². The van der Waals surface area contributed by atoms with Crippen LogP contribution in [-0.2, 0) is 36.9 Å². The van der Waals surface area contributed by atoms with Crippen molar-refractivity contribution in [2.24, 2.45) is 17.6 Å². The first-order valence-corrected chi connectivity index (χ1v) is 10.0. The van der Waals surface area contributed by atoms with Crippen LogP contribution in [0.3, 0.4) is 0 Å². The second kappa shape index (κ2) is 10.7. The lowest BCUT2D eigenvalue weighted by molar-refractivity contribution is -0.171. The number of aliphatic carboxylic acids is 1. The third-order valence-corrected chi connectivity index (χ3v) is 4.61. The van der Waals surface area contributed by atoms with Crippen LogP contribution in [-0.4, -0.2) is 34.7 Å². The summed E-state index contributed by atoms with van der Waals surface area (Å²) in [6, 6.07) is 16.3. The summed E-state index contributed by atoms with van der Waals surface area (Å²) in [6.07, 6.45) is 0.0852. The highest BCUT2D eigenvalue weighted by molar-refractivity contribution is 5.88. The molecule has 0 bridgehead atoms. The molecule has 0 aliphatic carbocycles. The summed E-state index contributed by atoms with van der Waals surface area (Å²) in [7, 11) is 0. The van der Waals surface area contributed by atoms with E-state index in [1.165, 1.54) is 0 Å². The zero-order valence-electron chi connectivity index (χ0n) is 18.0. The monoisotopic (exact) mass is 427 g/mol. The number of benzene rings is 2. The van der Waals surface area contributed by atoms with Crippen molar-refractivity contribution in [1.82, 2.24) is 0 Å². The second-order valence-corrected chi connectivity index (χ2v) is 8.31. The molecular weight excluding hydrogens is 398 g/mol. The van der Waals surface area contributed by atoms with Crippen molar-refractivity contribution < 1.29 is 29.0 Å². The summed E-state index contributed by atoms with van der Waals surface area (Å²) in [4.78, 5) is 37.7. The molecule has 3 atom stereocenters. The van der Waals surface area contributed by atoms with Gasteiger partial charge in [0.2, 0.25) is 0 Å². The molecule has 0 saturated heterocycles. The molecular formula is C24H29NO6. The molecule has 0 aliphatic heterocycles. The van der Waals surface area contributed by atoms with Gasteiger partial charge in [0.1, 0.15) is 18.2 Å². The van der Waals surface area contributed by atoms with Crippen molar-refractivity contribution >= 4 is 17.9 Å². The molecule has 0 saturated carbocycles. The Bertz CT molecular complexity index is 876. The van der Waals surface area contributed by atoms with Crippen LogP contribution in [0.1, 0.15) is 31.9 Å². The quantitative estimate of drug-likeness (QED) is 0.591. The van der Waals surface area contributed by atoms with Crippen LogP contribution >= 0.6 is 0 Å². The number of carbonyl (C=O) groups excluding carboxylic acids is 2. The maximum atomic E-state index is 13.0. The summed E-state index contributed by atoms with van der Waals surface area (Å²) in [5.74, 6) is -5.50. The van der Waals surface area contributed by atoms with Gasteiger partial charge in [-0.1, -0.05) is 60.7 Å². The van der Waals surface area contributed by atoms with E-state index in [1.54, 1.807) is 69.3 Å². The van der Waals surface area contributed by atoms with Gasteiger partial charge in [-0.25, -0.2) is 0 Å². The summed E-state index contributed by atoms with van der Waals surface area (Å²) < 4.78 is 10.9. The third-order valence-electron chi connectivity index (χ3n) is 4.61. The summed E-state index contributed by atoms with van der Waals surface area (Å²) in [5.41, 5.74) is 6.54. The number of hydrogen-bond donors (Lipinski definition) is 2. The van der Waals surface area contributed by atoms with Crippen LogP contribution in [0.4, 0.5) is 0 Å². The van der Waals surface area contributed by atoms with Crippen molar-refractivity contribution in [1.29, 1.82) is 0 Å². The Labute approximate surface area is 182 Å². The van der Waals surface area contributed by atoms with E-state index in [1.807, 2.05) is 12.1 Å². The fourth-order valence-electron chi connectivity index (χ4n) is 3.14. The maximum absolute atomic E-state index is 13.0. The van der Waals surface area contributed by atoms with E-state index in [9.17, 15) is 19.5 Å². The van der Waals surface area contributed by atoms with Crippen molar-refractivity contribution in [2.45, 2.75) is 45.4 Å². The zero-order valence-corrected chi connectivity index (χ0v) is 18.0. The van der Waals surface area contributed by atoms with Crippen molar-refractivity contribution in [3.8, 4) is 0 Å². The molecule has 0 aromatic heterocycles. The Balaban J connectivity index is 2.35. The van der Waals surface area contributed by atoms with Gasteiger partial charge in [-0.05, 0) is 38.3 Å². The third kappa shape index (κ3) is 7.53. The van der Waals surface area contributed by atoms with E-state index in [4.69, 9.17) is 15.2 Å².